The molecule has 0 saturated heterocycles. The average Bonchev–Trinajstić information content (AvgIpc) is 2.76. The number of hydrogen-bond acceptors (Lipinski definition) is 2. The number of anilines is 1. The van der Waals surface area contributed by atoms with Gasteiger partial charge < -0.3 is 4.90 Å². The second-order valence-electron chi connectivity index (χ2n) is 4.50. The van der Waals surface area contributed by atoms with Gasteiger partial charge in [0.15, 0.2) is 0 Å². The summed E-state index contributed by atoms with van der Waals surface area (Å²) in [6.45, 7) is 0. The standard InChI is InChI=1S/C16H14BrNS/c1-18-14-4-2-3-5-15(14)19-16(18)11-8-12-6-9-13(17)10-7-12/h2-11,16H,1H3/b11-8+. The van der Waals surface area contributed by atoms with Crippen LogP contribution in [-0.2, 0) is 0 Å². The molecule has 0 bridgehead atoms. The van der Waals surface area contributed by atoms with Crippen LogP contribution in [0.4, 0.5) is 5.69 Å². The third-order valence-electron chi connectivity index (χ3n) is 3.20. The zero-order valence-corrected chi connectivity index (χ0v) is 13.0. The van der Waals surface area contributed by atoms with E-state index in [2.05, 4.69) is 88.6 Å². The molecule has 1 heterocycles. The summed E-state index contributed by atoms with van der Waals surface area (Å²) in [5.74, 6) is 0. The van der Waals surface area contributed by atoms with Crippen LogP contribution < -0.4 is 4.90 Å². The predicted molar refractivity (Wildman–Crippen MR) is 87.7 cm³/mol. The first-order chi connectivity index (χ1) is 9.24. The Hall–Kier alpha value is -1.19. The first kappa shape index (κ1) is 12.8. The maximum absolute atomic E-state index is 3.46. The van der Waals surface area contributed by atoms with E-state index in [1.807, 2.05) is 11.8 Å². The van der Waals surface area contributed by atoms with Gasteiger partial charge in [-0.3, -0.25) is 0 Å². The molecule has 0 spiro atoms. The van der Waals surface area contributed by atoms with E-state index < -0.39 is 0 Å². The Balaban J connectivity index is 1.77. The molecule has 19 heavy (non-hydrogen) atoms. The molecular formula is C16H14BrNS. The van der Waals surface area contributed by atoms with Crippen LogP contribution in [0.25, 0.3) is 6.08 Å². The first-order valence-electron chi connectivity index (χ1n) is 6.16. The Labute approximate surface area is 126 Å². The van der Waals surface area contributed by atoms with Gasteiger partial charge in [-0.05, 0) is 29.8 Å². The molecule has 0 N–H and O–H groups in total. The maximum atomic E-state index is 3.46. The number of fused-ring (bicyclic) bond motifs is 1. The SMILES string of the molecule is CN1c2ccccc2SC1/C=C/c1ccc(Br)cc1. The van der Waals surface area contributed by atoms with E-state index in [0.717, 1.165) is 4.47 Å². The third-order valence-corrected chi connectivity index (χ3v) is 5.04. The van der Waals surface area contributed by atoms with Gasteiger partial charge in [0.1, 0.15) is 0 Å². The summed E-state index contributed by atoms with van der Waals surface area (Å²) in [6.07, 6.45) is 4.44. The van der Waals surface area contributed by atoms with Gasteiger partial charge in [0.2, 0.25) is 0 Å². The number of likely N-dealkylation sites (N-methyl/N-ethyl adjacent to an activating group) is 1. The van der Waals surface area contributed by atoms with Gasteiger partial charge in [-0.2, -0.15) is 0 Å². The second-order valence-corrected chi connectivity index (χ2v) is 6.57. The number of rotatable bonds is 2. The maximum Gasteiger partial charge on any atom is 0.0983 e. The Bertz CT molecular complexity index is 606. The normalized spacial score (nSPS) is 18.0. The largest absolute Gasteiger partial charge is 0.358 e. The van der Waals surface area contributed by atoms with Crippen molar-refractivity contribution in [3.8, 4) is 0 Å². The Kier molecular flexibility index (Phi) is 3.67. The Morgan fingerprint density at radius 1 is 1.11 bits per heavy atom. The minimum atomic E-state index is 0.376. The number of hydrogen-bond donors (Lipinski definition) is 0. The fraction of sp³-hybridized carbons (Fsp3) is 0.125. The highest BCUT2D eigenvalue weighted by molar-refractivity contribution is 9.10. The molecule has 1 aliphatic heterocycles. The van der Waals surface area contributed by atoms with E-state index in [0.29, 0.717) is 5.37 Å². The minimum Gasteiger partial charge on any atom is -0.358 e. The lowest BCUT2D eigenvalue weighted by Crippen LogP contribution is -2.21. The molecule has 96 valence electrons. The van der Waals surface area contributed by atoms with E-state index in [1.54, 1.807) is 0 Å². The van der Waals surface area contributed by atoms with Crippen LogP contribution in [0, 0.1) is 0 Å². The molecule has 0 saturated carbocycles. The van der Waals surface area contributed by atoms with Crippen LogP contribution in [0.5, 0.6) is 0 Å². The molecular weight excluding hydrogens is 318 g/mol. The molecule has 2 aromatic rings. The zero-order valence-electron chi connectivity index (χ0n) is 10.6. The number of benzene rings is 2. The number of nitrogens with zero attached hydrogens (tertiary/aromatic N) is 1. The third kappa shape index (κ3) is 2.72. The highest BCUT2D eigenvalue weighted by atomic mass is 79.9. The van der Waals surface area contributed by atoms with Gasteiger partial charge >= 0.3 is 0 Å². The van der Waals surface area contributed by atoms with Gasteiger partial charge in [-0.15, -0.1) is 0 Å². The van der Waals surface area contributed by atoms with E-state index in [9.17, 15) is 0 Å². The summed E-state index contributed by atoms with van der Waals surface area (Å²) in [4.78, 5) is 3.67. The van der Waals surface area contributed by atoms with Crippen molar-refractivity contribution in [3.63, 3.8) is 0 Å². The van der Waals surface area contributed by atoms with Crippen molar-refractivity contribution in [3.05, 3.63) is 64.6 Å². The van der Waals surface area contributed by atoms with Crippen molar-refractivity contribution < 1.29 is 0 Å². The fourth-order valence-electron chi connectivity index (χ4n) is 2.13. The summed E-state index contributed by atoms with van der Waals surface area (Å²) in [5, 5.41) is 0.376. The van der Waals surface area contributed by atoms with Gasteiger partial charge in [-0.25, -0.2) is 0 Å². The molecule has 1 atom stereocenters. The monoisotopic (exact) mass is 331 g/mol. The highest BCUT2D eigenvalue weighted by Gasteiger charge is 2.24. The number of para-hydroxylation sites is 1. The Morgan fingerprint density at radius 3 is 2.58 bits per heavy atom. The van der Waals surface area contributed by atoms with Gasteiger partial charge in [-0.1, -0.05) is 64.1 Å². The van der Waals surface area contributed by atoms with Crippen LogP contribution in [-0.4, -0.2) is 12.4 Å². The fourth-order valence-corrected chi connectivity index (χ4v) is 3.57. The lowest BCUT2D eigenvalue weighted by molar-refractivity contribution is 0.993. The second kappa shape index (κ2) is 5.43. The van der Waals surface area contributed by atoms with E-state index in [4.69, 9.17) is 0 Å². The highest BCUT2D eigenvalue weighted by Crippen LogP contribution is 2.42. The molecule has 2 aromatic carbocycles. The quantitative estimate of drug-likeness (QED) is 0.759. The van der Waals surface area contributed by atoms with Crippen LogP contribution >= 0.6 is 27.7 Å². The van der Waals surface area contributed by atoms with Crippen molar-refractivity contribution in [2.45, 2.75) is 10.3 Å². The molecule has 3 rings (SSSR count). The van der Waals surface area contributed by atoms with Crippen LogP contribution in [0.2, 0.25) is 0 Å². The van der Waals surface area contributed by atoms with Crippen molar-refractivity contribution in [1.29, 1.82) is 0 Å². The molecule has 1 unspecified atom stereocenters. The molecule has 1 nitrogen and oxygen atoms in total. The summed E-state index contributed by atoms with van der Waals surface area (Å²) in [6, 6.07) is 16.9. The van der Waals surface area contributed by atoms with E-state index >= 15 is 0 Å². The number of thioether (sulfide) groups is 1. The minimum absolute atomic E-state index is 0.376. The Morgan fingerprint density at radius 2 is 1.84 bits per heavy atom. The van der Waals surface area contributed by atoms with Gasteiger partial charge in [0.05, 0.1) is 11.1 Å². The van der Waals surface area contributed by atoms with Crippen molar-refractivity contribution >= 4 is 39.5 Å². The molecule has 1 aliphatic rings. The predicted octanol–water partition coefficient (Wildman–Crippen LogP) is 5.03. The average molecular weight is 332 g/mol. The summed E-state index contributed by atoms with van der Waals surface area (Å²) >= 11 is 5.35. The van der Waals surface area contributed by atoms with E-state index in [1.165, 1.54) is 16.1 Å². The zero-order chi connectivity index (χ0) is 13.2. The van der Waals surface area contributed by atoms with Gasteiger partial charge in [0.25, 0.3) is 0 Å². The van der Waals surface area contributed by atoms with Crippen molar-refractivity contribution in [2.24, 2.45) is 0 Å². The first-order valence-corrected chi connectivity index (χ1v) is 7.83. The van der Waals surface area contributed by atoms with Crippen LogP contribution in [0.3, 0.4) is 0 Å². The number of halogens is 1. The molecule has 0 amide bonds. The lowest BCUT2D eigenvalue weighted by atomic mass is 10.2. The summed E-state index contributed by atoms with van der Waals surface area (Å²) < 4.78 is 1.12. The lowest BCUT2D eigenvalue weighted by Gasteiger charge is -2.18. The van der Waals surface area contributed by atoms with Crippen molar-refractivity contribution in [1.82, 2.24) is 0 Å². The molecule has 0 radical (unpaired) electrons. The van der Waals surface area contributed by atoms with E-state index in [-0.39, 0.29) is 0 Å². The van der Waals surface area contributed by atoms with Gasteiger partial charge in [0, 0.05) is 16.4 Å². The molecule has 0 fully saturated rings. The summed E-state index contributed by atoms with van der Waals surface area (Å²) in [5.41, 5.74) is 2.55. The molecule has 0 aliphatic carbocycles. The molecule has 3 heteroatoms. The summed E-state index contributed by atoms with van der Waals surface area (Å²) in [7, 11) is 2.15. The topological polar surface area (TPSA) is 3.24 Å². The smallest absolute Gasteiger partial charge is 0.0983 e. The molecule has 0 aromatic heterocycles. The van der Waals surface area contributed by atoms with Crippen LogP contribution in [0.1, 0.15) is 5.56 Å². The van der Waals surface area contributed by atoms with Crippen LogP contribution in [0.15, 0.2) is 64.0 Å². The van der Waals surface area contributed by atoms with Crippen molar-refractivity contribution in [2.75, 3.05) is 11.9 Å².